The first-order chi connectivity index (χ1) is 12.3. The summed E-state index contributed by atoms with van der Waals surface area (Å²) in [4.78, 5) is 17.1. The van der Waals surface area contributed by atoms with Crippen LogP contribution < -0.4 is 14.8 Å². The zero-order valence-corrected chi connectivity index (χ0v) is 14.5. The van der Waals surface area contributed by atoms with Gasteiger partial charge in [0, 0.05) is 7.11 Å². The maximum absolute atomic E-state index is 12.2. The Hall–Kier alpha value is -2.58. The summed E-state index contributed by atoms with van der Waals surface area (Å²) in [5.74, 6) is 1.16. The molecule has 0 fully saturated rings. The molecule has 1 amide bonds. The summed E-state index contributed by atoms with van der Waals surface area (Å²) in [6.45, 7) is 1.26. The van der Waals surface area contributed by atoms with Gasteiger partial charge in [-0.15, -0.1) is 11.3 Å². The lowest BCUT2D eigenvalue weighted by Crippen LogP contribution is -2.33. The van der Waals surface area contributed by atoms with Crippen molar-refractivity contribution in [2.75, 3.05) is 27.1 Å². The predicted molar refractivity (Wildman–Crippen MR) is 93.3 cm³/mol. The van der Waals surface area contributed by atoms with Crippen molar-refractivity contribution >= 4 is 23.3 Å². The van der Waals surface area contributed by atoms with Crippen molar-refractivity contribution in [2.45, 2.75) is 6.54 Å². The smallest absolute Gasteiger partial charge is 0.292 e. The minimum Gasteiger partial charge on any atom is -0.463 e. The van der Waals surface area contributed by atoms with Gasteiger partial charge >= 0.3 is 0 Å². The second kappa shape index (κ2) is 8.50. The van der Waals surface area contributed by atoms with Gasteiger partial charge in [-0.2, -0.15) is 0 Å². The third-order valence-electron chi connectivity index (χ3n) is 3.33. The SMILES string of the molecule is COCCOC(=NCc1ccc2c(c1)OCO2)NC(=O)c1cccs1. The molecule has 0 spiro atoms. The van der Waals surface area contributed by atoms with Crippen LogP contribution in [0.4, 0.5) is 0 Å². The summed E-state index contributed by atoms with van der Waals surface area (Å²) in [7, 11) is 1.58. The van der Waals surface area contributed by atoms with Gasteiger partial charge in [0.05, 0.1) is 18.0 Å². The summed E-state index contributed by atoms with van der Waals surface area (Å²) < 4.78 is 21.1. The molecule has 3 rings (SSSR count). The van der Waals surface area contributed by atoms with E-state index in [1.54, 1.807) is 13.2 Å². The highest BCUT2D eigenvalue weighted by Gasteiger charge is 2.14. The molecule has 0 saturated heterocycles. The van der Waals surface area contributed by atoms with Gasteiger partial charge in [0.2, 0.25) is 6.79 Å². The minimum atomic E-state index is -0.253. The number of thiophene rings is 1. The van der Waals surface area contributed by atoms with Crippen molar-refractivity contribution in [3.63, 3.8) is 0 Å². The van der Waals surface area contributed by atoms with Crippen LogP contribution in [0.5, 0.6) is 11.5 Å². The van der Waals surface area contributed by atoms with Crippen LogP contribution in [-0.2, 0) is 16.0 Å². The highest BCUT2D eigenvalue weighted by molar-refractivity contribution is 7.12. The molecule has 0 unspecified atom stereocenters. The summed E-state index contributed by atoms with van der Waals surface area (Å²) >= 11 is 1.35. The number of amides is 1. The first-order valence-corrected chi connectivity index (χ1v) is 8.54. The zero-order valence-electron chi connectivity index (χ0n) is 13.7. The first kappa shape index (κ1) is 17.2. The Kier molecular flexibility index (Phi) is 5.86. The van der Waals surface area contributed by atoms with Gasteiger partial charge in [-0.1, -0.05) is 12.1 Å². The molecule has 2 aromatic rings. The highest BCUT2D eigenvalue weighted by atomic mass is 32.1. The topological polar surface area (TPSA) is 78.4 Å². The van der Waals surface area contributed by atoms with Crippen LogP contribution >= 0.6 is 11.3 Å². The van der Waals surface area contributed by atoms with E-state index in [9.17, 15) is 4.79 Å². The minimum absolute atomic E-state index is 0.160. The van der Waals surface area contributed by atoms with E-state index >= 15 is 0 Å². The zero-order chi connectivity index (χ0) is 17.5. The molecule has 1 aliphatic heterocycles. The van der Waals surface area contributed by atoms with E-state index in [0.29, 0.717) is 30.4 Å². The quantitative estimate of drug-likeness (QED) is 0.485. The van der Waals surface area contributed by atoms with Gasteiger partial charge in [-0.05, 0) is 29.1 Å². The Morgan fingerprint density at radius 2 is 2.16 bits per heavy atom. The molecule has 1 aromatic heterocycles. The van der Waals surface area contributed by atoms with Gasteiger partial charge in [0.25, 0.3) is 11.9 Å². The van der Waals surface area contributed by atoms with Crippen molar-refractivity contribution in [1.29, 1.82) is 0 Å². The number of hydrogen-bond acceptors (Lipinski definition) is 7. The molecule has 25 heavy (non-hydrogen) atoms. The number of nitrogens with one attached hydrogen (secondary N) is 1. The standard InChI is InChI=1S/C17H18N2O5S/c1-21-6-7-22-17(19-16(20)15-3-2-8-25-15)18-10-12-4-5-13-14(9-12)24-11-23-13/h2-5,8-9H,6-7,10-11H2,1H3,(H,18,19,20). The molecule has 1 aromatic carbocycles. The Balaban J connectivity index is 1.67. The largest absolute Gasteiger partial charge is 0.463 e. The fourth-order valence-electron chi connectivity index (χ4n) is 2.11. The molecule has 0 bridgehead atoms. The number of nitrogens with zero attached hydrogens (tertiary/aromatic N) is 1. The van der Waals surface area contributed by atoms with E-state index in [1.807, 2.05) is 29.6 Å². The van der Waals surface area contributed by atoms with Crippen molar-refractivity contribution in [3.8, 4) is 11.5 Å². The third kappa shape index (κ3) is 4.71. The fourth-order valence-corrected chi connectivity index (χ4v) is 2.73. The molecular formula is C17H18N2O5S. The molecule has 1 aliphatic rings. The van der Waals surface area contributed by atoms with Crippen LogP contribution in [0.15, 0.2) is 40.7 Å². The number of ether oxygens (including phenoxy) is 4. The molecule has 132 valence electrons. The van der Waals surface area contributed by atoms with E-state index in [2.05, 4.69) is 10.3 Å². The second-order valence-electron chi connectivity index (χ2n) is 5.08. The normalized spacial score (nSPS) is 12.9. The molecule has 0 saturated carbocycles. The number of fused-ring (bicyclic) bond motifs is 1. The van der Waals surface area contributed by atoms with Crippen LogP contribution in [-0.4, -0.2) is 39.0 Å². The Morgan fingerprint density at radius 1 is 1.28 bits per heavy atom. The number of hydrogen-bond donors (Lipinski definition) is 1. The summed E-state index contributed by atoms with van der Waals surface area (Å²) in [5.41, 5.74) is 0.919. The van der Waals surface area contributed by atoms with E-state index in [4.69, 9.17) is 18.9 Å². The van der Waals surface area contributed by atoms with E-state index < -0.39 is 0 Å². The number of aliphatic imine (C=N–C) groups is 1. The Labute approximate surface area is 149 Å². The van der Waals surface area contributed by atoms with Gasteiger partial charge in [-0.3, -0.25) is 10.1 Å². The number of carbonyl (C=O) groups is 1. The second-order valence-corrected chi connectivity index (χ2v) is 6.03. The van der Waals surface area contributed by atoms with Crippen LogP contribution in [0, 0.1) is 0 Å². The van der Waals surface area contributed by atoms with Crippen molar-refractivity contribution in [2.24, 2.45) is 4.99 Å². The van der Waals surface area contributed by atoms with Crippen molar-refractivity contribution in [3.05, 3.63) is 46.2 Å². The maximum atomic E-state index is 12.2. The van der Waals surface area contributed by atoms with Gasteiger partial charge in [-0.25, -0.2) is 4.99 Å². The van der Waals surface area contributed by atoms with Crippen LogP contribution in [0.2, 0.25) is 0 Å². The fraction of sp³-hybridized carbons (Fsp3) is 0.294. The molecule has 0 aliphatic carbocycles. The molecule has 7 nitrogen and oxygen atoms in total. The average Bonchev–Trinajstić information content (AvgIpc) is 3.30. The van der Waals surface area contributed by atoms with E-state index in [1.165, 1.54) is 11.3 Å². The predicted octanol–water partition coefficient (Wildman–Crippen LogP) is 2.43. The lowest BCUT2D eigenvalue weighted by molar-refractivity contribution is 0.0957. The number of methoxy groups -OCH3 is 1. The third-order valence-corrected chi connectivity index (χ3v) is 4.20. The number of benzene rings is 1. The number of carbonyl (C=O) groups excluding carboxylic acids is 1. The van der Waals surface area contributed by atoms with Crippen LogP contribution in [0.3, 0.4) is 0 Å². The van der Waals surface area contributed by atoms with Crippen molar-refractivity contribution < 1.29 is 23.7 Å². The van der Waals surface area contributed by atoms with Crippen molar-refractivity contribution in [1.82, 2.24) is 5.32 Å². The molecular weight excluding hydrogens is 344 g/mol. The summed E-state index contributed by atoms with van der Waals surface area (Å²) in [6, 6.07) is 9.31. The monoisotopic (exact) mass is 362 g/mol. The number of rotatable bonds is 6. The lowest BCUT2D eigenvalue weighted by atomic mass is 10.2. The Morgan fingerprint density at radius 3 is 2.96 bits per heavy atom. The summed E-state index contributed by atoms with van der Waals surface area (Å²) in [5, 5.41) is 4.53. The molecule has 2 heterocycles. The molecule has 8 heteroatoms. The highest BCUT2D eigenvalue weighted by Crippen LogP contribution is 2.32. The van der Waals surface area contributed by atoms with E-state index in [0.717, 1.165) is 11.3 Å². The molecule has 1 N–H and O–H groups in total. The molecule has 0 radical (unpaired) electrons. The van der Waals surface area contributed by atoms with Gasteiger partial charge in [0.15, 0.2) is 11.5 Å². The first-order valence-electron chi connectivity index (χ1n) is 7.66. The van der Waals surface area contributed by atoms with Crippen LogP contribution in [0.1, 0.15) is 15.2 Å². The lowest BCUT2D eigenvalue weighted by Gasteiger charge is -2.10. The Bertz CT molecular complexity index is 746. The van der Waals surface area contributed by atoms with E-state index in [-0.39, 0.29) is 18.7 Å². The van der Waals surface area contributed by atoms with Crippen LogP contribution in [0.25, 0.3) is 0 Å². The van der Waals surface area contributed by atoms with Gasteiger partial charge in [0.1, 0.15) is 6.61 Å². The number of amidine groups is 1. The van der Waals surface area contributed by atoms with Gasteiger partial charge < -0.3 is 18.9 Å². The average molecular weight is 362 g/mol. The maximum Gasteiger partial charge on any atom is 0.292 e. The summed E-state index contributed by atoms with van der Waals surface area (Å²) in [6.07, 6.45) is 0. The molecule has 0 atom stereocenters.